The number of nitrogens with zero attached hydrogens (tertiary/aromatic N) is 3. The molecule has 1 N–H and O–H groups in total. The maximum absolute atomic E-state index is 13.5. The van der Waals surface area contributed by atoms with Gasteiger partial charge >= 0.3 is 0 Å². The number of hydrogen-bond donors (Lipinski definition) is 1. The average Bonchev–Trinajstić information content (AvgIpc) is 3.39. The minimum Gasteiger partial charge on any atom is -0.496 e. The SMILES string of the molecule is COc1ccc2[nH]c(C)c(CC(=O)N(CC3CC3)c3nccs3)c2c1C(=O)c1cccnc1. The van der Waals surface area contributed by atoms with E-state index >= 15 is 0 Å². The molecule has 1 aromatic carbocycles. The summed E-state index contributed by atoms with van der Waals surface area (Å²) >= 11 is 1.47. The van der Waals surface area contributed by atoms with Gasteiger partial charge in [0, 0.05) is 52.7 Å². The summed E-state index contributed by atoms with van der Waals surface area (Å²) in [6, 6.07) is 7.13. The summed E-state index contributed by atoms with van der Waals surface area (Å²) in [7, 11) is 1.55. The molecule has 168 valence electrons. The van der Waals surface area contributed by atoms with Crippen molar-refractivity contribution in [2.75, 3.05) is 18.6 Å². The number of thiazole rings is 1. The maximum Gasteiger partial charge on any atom is 0.233 e. The van der Waals surface area contributed by atoms with E-state index in [0.717, 1.165) is 35.0 Å². The number of aryl methyl sites for hydroxylation is 1. The molecule has 0 saturated heterocycles. The van der Waals surface area contributed by atoms with Gasteiger partial charge < -0.3 is 9.72 Å². The fraction of sp³-hybridized carbons (Fsp3) is 0.280. The fourth-order valence-corrected chi connectivity index (χ4v) is 4.83. The van der Waals surface area contributed by atoms with Crippen molar-refractivity contribution in [2.45, 2.75) is 26.2 Å². The number of benzene rings is 1. The first-order chi connectivity index (χ1) is 16.1. The van der Waals surface area contributed by atoms with Crippen LogP contribution in [0.5, 0.6) is 5.75 Å². The van der Waals surface area contributed by atoms with E-state index in [2.05, 4.69) is 15.0 Å². The highest BCUT2D eigenvalue weighted by atomic mass is 32.1. The molecule has 5 rings (SSSR count). The van der Waals surface area contributed by atoms with E-state index in [9.17, 15) is 9.59 Å². The van der Waals surface area contributed by atoms with Gasteiger partial charge in [-0.1, -0.05) is 0 Å². The number of carbonyl (C=O) groups is 2. The minimum atomic E-state index is -0.187. The van der Waals surface area contributed by atoms with Gasteiger partial charge in [0.2, 0.25) is 5.91 Å². The molecule has 4 aromatic rings. The number of rotatable bonds is 8. The number of aromatic nitrogens is 3. The molecule has 0 bridgehead atoms. The zero-order chi connectivity index (χ0) is 22.9. The molecule has 0 aliphatic heterocycles. The molecule has 3 heterocycles. The van der Waals surface area contributed by atoms with E-state index in [-0.39, 0.29) is 18.1 Å². The Hall–Kier alpha value is -3.52. The van der Waals surface area contributed by atoms with Crippen LogP contribution in [0.25, 0.3) is 10.9 Å². The van der Waals surface area contributed by atoms with Crippen LogP contribution in [0.4, 0.5) is 5.13 Å². The van der Waals surface area contributed by atoms with Crippen LogP contribution < -0.4 is 9.64 Å². The van der Waals surface area contributed by atoms with Gasteiger partial charge in [0.1, 0.15) is 5.75 Å². The van der Waals surface area contributed by atoms with Crippen molar-refractivity contribution in [2.24, 2.45) is 5.92 Å². The van der Waals surface area contributed by atoms with Gasteiger partial charge in [0.25, 0.3) is 0 Å². The van der Waals surface area contributed by atoms with Gasteiger partial charge in [0.15, 0.2) is 10.9 Å². The molecule has 0 atom stereocenters. The van der Waals surface area contributed by atoms with Crippen molar-refractivity contribution >= 4 is 39.1 Å². The Labute approximate surface area is 195 Å². The third-order valence-corrected chi connectivity index (χ3v) is 6.83. The quantitative estimate of drug-likeness (QED) is 0.390. The van der Waals surface area contributed by atoms with E-state index in [1.54, 1.807) is 48.8 Å². The summed E-state index contributed by atoms with van der Waals surface area (Å²) < 4.78 is 5.57. The Morgan fingerprint density at radius 2 is 2.09 bits per heavy atom. The first-order valence-corrected chi connectivity index (χ1v) is 11.8. The van der Waals surface area contributed by atoms with Gasteiger partial charge in [-0.25, -0.2) is 4.98 Å². The van der Waals surface area contributed by atoms with Crippen LogP contribution in [-0.2, 0) is 11.2 Å². The smallest absolute Gasteiger partial charge is 0.233 e. The Balaban J connectivity index is 1.59. The predicted octanol–water partition coefficient (Wildman–Crippen LogP) is 4.55. The molecule has 1 saturated carbocycles. The number of hydrogen-bond acceptors (Lipinski definition) is 6. The van der Waals surface area contributed by atoms with Crippen LogP contribution in [0, 0.1) is 12.8 Å². The number of methoxy groups -OCH3 is 1. The highest BCUT2D eigenvalue weighted by Gasteiger charge is 2.30. The van der Waals surface area contributed by atoms with E-state index in [4.69, 9.17) is 4.74 Å². The number of H-pyrrole nitrogens is 1. The molecule has 8 heteroatoms. The molecule has 3 aromatic heterocycles. The lowest BCUT2D eigenvalue weighted by molar-refractivity contribution is -0.118. The summed E-state index contributed by atoms with van der Waals surface area (Å²) in [5, 5.41) is 3.32. The van der Waals surface area contributed by atoms with Crippen LogP contribution in [0.3, 0.4) is 0 Å². The van der Waals surface area contributed by atoms with Crippen LogP contribution in [0.2, 0.25) is 0 Å². The molecule has 1 aliphatic rings. The van der Waals surface area contributed by atoms with E-state index < -0.39 is 0 Å². The Morgan fingerprint density at radius 3 is 2.76 bits per heavy atom. The number of amides is 1. The van der Waals surface area contributed by atoms with E-state index in [1.165, 1.54) is 11.3 Å². The molecular weight excluding hydrogens is 436 g/mol. The molecule has 0 spiro atoms. The van der Waals surface area contributed by atoms with Crippen molar-refractivity contribution < 1.29 is 14.3 Å². The summed E-state index contributed by atoms with van der Waals surface area (Å²) in [4.78, 5) is 40.7. The topological polar surface area (TPSA) is 88.2 Å². The largest absolute Gasteiger partial charge is 0.496 e. The predicted molar refractivity (Wildman–Crippen MR) is 128 cm³/mol. The second-order valence-electron chi connectivity index (χ2n) is 8.30. The van der Waals surface area contributed by atoms with Crippen molar-refractivity contribution in [3.05, 3.63) is 70.6 Å². The summed E-state index contributed by atoms with van der Waals surface area (Å²) in [6.45, 7) is 2.61. The molecule has 1 aliphatic carbocycles. The number of ether oxygens (including phenoxy) is 1. The molecule has 33 heavy (non-hydrogen) atoms. The Bertz CT molecular complexity index is 1310. The van der Waals surface area contributed by atoms with Crippen molar-refractivity contribution in [1.29, 1.82) is 0 Å². The number of aromatic amines is 1. The zero-order valence-corrected chi connectivity index (χ0v) is 19.3. The summed E-state index contributed by atoms with van der Waals surface area (Å²) in [5.74, 6) is 0.792. The standard InChI is InChI=1S/C25H24N4O3S/c1-15-18(12-21(30)29(14-16-5-6-16)25-27-10-11-33-25)22-19(28-15)7-8-20(32-2)23(22)24(31)17-4-3-9-26-13-17/h3-4,7-11,13,16,28H,5-6,12,14H2,1-2H3. The van der Waals surface area contributed by atoms with E-state index in [1.807, 2.05) is 18.4 Å². The number of nitrogens with one attached hydrogen (secondary N) is 1. The highest BCUT2D eigenvalue weighted by molar-refractivity contribution is 7.13. The maximum atomic E-state index is 13.5. The molecule has 0 radical (unpaired) electrons. The van der Waals surface area contributed by atoms with Crippen LogP contribution in [-0.4, -0.2) is 40.3 Å². The van der Waals surface area contributed by atoms with Crippen molar-refractivity contribution in [3.8, 4) is 5.75 Å². The number of pyridine rings is 1. The number of fused-ring (bicyclic) bond motifs is 1. The second kappa shape index (κ2) is 8.78. The average molecular weight is 461 g/mol. The Kier molecular flexibility index (Phi) is 5.68. The fourth-order valence-electron chi connectivity index (χ4n) is 4.17. The molecule has 0 unspecified atom stereocenters. The number of carbonyl (C=O) groups excluding carboxylic acids is 2. The zero-order valence-electron chi connectivity index (χ0n) is 18.5. The van der Waals surface area contributed by atoms with Crippen molar-refractivity contribution in [1.82, 2.24) is 15.0 Å². The minimum absolute atomic E-state index is 0.0246. The van der Waals surface area contributed by atoms with Crippen LogP contribution >= 0.6 is 11.3 Å². The lowest BCUT2D eigenvalue weighted by Crippen LogP contribution is -2.34. The van der Waals surface area contributed by atoms with Gasteiger partial charge in [-0.2, -0.15) is 0 Å². The Morgan fingerprint density at radius 1 is 1.24 bits per heavy atom. The number of ketones is 1. The van der Waals surface area contributed by atoms with Crippen molar-refractivity contribution in [3.63, 3.8) is 0 Å². The second-order valence-corrected chi connectivity index (χ2v) is 9.18. The molecular formula is C25H24N4O3S. The molecule has 7 nitrogen and oxygen atoms in total. The van der Waals surface area contributed by atoms with Gasteiger partial charge in [0.05, 0.1) is 19.1 Å². The third-order valence-electron chi connectivity index (χ3n) is 6.03. The summed E-state index contributed by atoms with van der Waals surface area (Å²) in [6.07, 6.45) is 7.35. The third kappa shape index (κ3) is 4.14. The lowest BCUT2D eigenvalue weighted by Gasteiger charge is -2.20. The summed E-state index contributed by atoms with van der Waals surface area (Å²) in [5.41, 5.74) is 3.37. The first-order valence-electron chi connectivity index (χ1n) is 10.9. The highest BCUT2D eigenvalue weighted by Crippen LogP contribution is 2.36. The molecule has 1 fully saturated rings. The normalized spacial score (nSPS) is 13.3. The monoisotopic (exact) mass is 460 g/mol. The first kappa shape index (κ1) is 21.3. The van der Waals surface area contributed by atoms with Crippen LogP contribution in [0.15, 0.2) is 48.2 Å². The lowest BCUT2D eigenvalue weighted by atomic mass is 9.95. The van der Waals surface area contributed by atoms with Gasteiger partial charge in [-0.3, -0.25) is 19.5 Å². The van der Waals surface area contributed by atoms with Crippen LogP contribution in [0.1, 0.15) is 40.0 Å². The van der Waals surface area contributed by atoms with E-state index in [0.29, 0.717) is 34.5 Å². The van der Waals surface area contributed by atoms with Gasteiger partial charge in [-0.15, -0.1) is 11.3 Å². The molecule has 1 amide bonds. The number of anilines is 1. The van der Waals surface area contributed by atoms with Gasteiger partial charge in [-0.05, 0) is 55.5 Å².